The van der Waals surface area contributed by atoms with E-state index in [1.54, 1.807) is 17.4 Å². The minimum absolute atomic E-state index is 0.189. The molecule has 0 aliphatic rings. The first-order valence-corrected chi connectivity index (χ1v) is 6.54. The number of rotatable bonds is 3. The van der Waals surface area contributed by atoms with Crippen molar-refractivity contribution in [3.63, 3.8) is 0 Å². The van der Waals surface area contributed by atoms with E-state index in [4.69, 9.17) is 5.73 Å². The molecule has 18 heavy (non-hydrogen) atoms. The van der Waals surface area contributed by atoms with Crippen molar-refractivity contribution in [1.29, 1.82) is 0 Å². The molecule has 0 spiro atoms. The van der Waals surface area contributed by atoms with Gasteiger partial charge in [0.15, 0.2) is 0 Å². The van der Waals surface area contributed by atoms with Crippen LogP contribution < -0.4 is 11.1 Å². The van der Waals surface area contributed by atoms with Crippen molar-refractivity contribution in [3.8, 4) is 0 Å². The summed E-state index contributed by atoms with van der Waals surface area (Å²) < 4.78 is 0. The van der Waals surface area contributed by atoms with Crippen molar-refractivity contribution < 1.29 is 4.79 Å². The van der Waals surface area contributed by atoms with Crippen LogP contribution in [0, 0.1) is 13.8 Å². The molecule has 0 atom stereocenters. The quantitative estimate of drug-likeness (QED) is 0.890. The number of nitrogens with zero attached hydrogens (tertiary/aromatic N) is 1. The van der Waals surface area contributed by atoms with Crippen LogP contribution in [-0.2, 0) is 6.54 Å². The smallest absolute Gasteiger partial charge is 0.255 e. The Bertz CT molecular complexity index is 577. The topological polar surface area (TPSA) is 68.0 Å². The van der Waals surface area contributed by atoms with Crippen LogP contribution in [0.1, 0.15) is 27.2 Å². The fraction of sp³-hybridized carbons (Fsp3) is 0.231. The molecule has 1 amide bonds. The van der Waals surface area contributed by atoms with E-state index in [9.17, 15) is 4.79 Å². The molecule has 0 unspecified atom stereocenters. The molecule has 0 saturated heterocycles. The maximum atomic E-state index is 12.0. The molecule has 0 fully saturated rings. The zero-order valence-electron chi connectivity index (χ0n) is 10.4. The van der Waals surface area contributed by atoms with Gasteiger partial charge in [-0.1, -0.05) is 0 Å². The van der Waals surface area contributed by atoms with Crippen molar-refractivity contribution in [2.45, 2.75) is 20.4 Å². The second-order valence-electron chi connectivity index (χ2n) is 4.18. The van der Waals surface area contributed by atoms with E-state index in [2.05, 4.69) is 15.7 Å². The Morgan fingerprint density at radius 3 is 2.83 bits per heavy atom. The lowest BCUT2D eigenvalue weighted by atomic mass is 10.2. The highest BCUT2D eigenvalue weighted by molar-refractivity contribution is 7.08. The standard InChI is InChI=1S/C13H15N3OS/c1-8-6-18-7-10(8)4-16-13(17)11-5-15-9(2)3-12(11)14/h3,5-7H,4H2,1-2H3,(H2,14,15)(H,16,17). The molecule has 4 nitrogen and oxygen atoms in total. The number of nitrogens with two attached hydrogens (primary N) is 1. The number of nitrogen functional groups attached to an aromatic ring is 1. The molecule has 3 N–H and O–H groups in total. The van der Waals surface area contributed by atoms with E-state index in [-0.39, 0.29) is 5.91 Å². The lowest BCUT2D eigenvalue weighted by Gasteiger charge is -2.07. The zero-order valence-corrected chi connectivity index (χ0v) is 11.2. The van der Waals surface area contributed by atoms with Gasteiger partial charge < -0.3 is 11.1 Å². The van der Waals surface area contributed by atoms with Gasteiger partial charge in [0, 0.05) is 24.1 Å². The molecular formula is C13H15N3OS. The van der Waals surface area contributed by atoms with Crippen LogP contribution >= 0.6 is 11.3 Å². The lowest BCUT2D eigenvalue weighted by Crippen LogP contribution is -2.24. The van der Waals surface area contributed by atoms with Crippen molar-refractivity contribution in [1.82, 2.24) is 10.3 Å². The number of hydrogen-bond acceptors (Lipinski definition) is 4. The first-order chi connectivity index (χ1) is 8.58. The summed E-state index contributed by atoms with van der Waals surface area (Å²) in [4.78, 5) is 16.0. The van der Waals surface area contributed by atoms with E-state index in [0.29, 0.717) is 17.8 Å². The van der Waals surface area contributed by atoms with Crippen molar-refractivity contribution >= 4 is 22.9 Å². The number of thiophene rings is 1. The molecule has 94 valence electrons. The third kappa shape index (κ3) is 2.68. The molecule has 2 heterocycles. The average Bonchev–Trinajstić information content (AvgIpc) is 2.72. The van der Waals surface area contributed by atoms with Gasteiger partial charge in [-0.05, 0) is 41.8 Å². The van der Waals surface area contributed by atoms with Gasteiger partial charge in [-0.3, -0.25) is 9.78 Å². The summed E-state index contributed by atoms with van der Waals surface area (Å²) in [5.41, 5.74) is 9.81. The van der Waals surface area contributed by atoms with E-state index in [0.717, 1.165) is 11.3 Å². The molecule has 2 aromatic rings. The summed E-state index contributed by atoms with van der Waals surface area (Å²) in [5, 5.41) is 6.94. The molecular weight excluding hydrogens is 246 g/mol. The summed E-state index contributed by atoms with van der Waals surface area (Å²) in [7, 11) is 0. The maximum absolute atomic E-state index is 12.0. The molecule has 0 aliphatic heterocycles. The fourth-order valence-corrected chi connectivity index (χ4v) is 2.47. The van der Waals surface area contributed by atoms with Gasteiger partial charge in [-0.2, -0.15) is 11.3 Å². The van der Waals surface area contributed by atoms with Crippen LogP contribution in [0.3, 0.4) is 0 Å². The first-order valence-electron chi connectivity index (χ1n) is 5.60. The largest absolute Gasteiger partial charge is 0.398 e. The number of carbonyl (C=O) groups is 1. The number of pyridine rings is 1. The van der Waals surface area contributed by atoms with Gasteiger partial charge in [-0.15, -0.1) is 0 Å². The van der Waals surface area contributed by atoms with Crippen molar-refractivity contribution in [2.24, 2.45) is 0 Å². The first kappa shape index (κ1) is 12.6. The van der Waals surface area contributed by atoms with E-state index in [1.807, 2.05) is 19.2 Å². The Hall–Kier alpha value is -1.88. The number of nitrogens with one attached hydrogen (secondary N) is 1. The highest BCUT2D eigenvalue weighted by atomic mass is 32.1. The van der Waals surface area contributed by atoms with Crippen LogP contribution in [-0.4, -0.2) is 10.9 Å². The van der Waals surface area contributed by atoms with Gasteiger partial charge in [0.1, 0.15) is 0 Å². The highest BCUT2D eigenvalue weighted by Crippen LogP contribution is 2.14. The third-order valence-corrected chi connectivity index (χ3v) is 3.63. The molecule has 2 rings (SSSR count). The molecule has 5 heteroatoms. The van der Waals surface area contributed by atoms with Crippen molar-refractivity contribution in [2.75, 3.05) is 5.73 Å². The summed E-state index contributed by atoms with van der Waals surface area (Å²) in [6.07, 6.45) is 1.51. The summed E-state index contributed by atoms with van der Waals surface area (Å²) >= 11 is 1.63. The molecule has 0 aliphatic carbocycles. The lowest BCUT2D eigenvalue weighted by molar-refractivity contribution is 0.0951. The van der Waals surface area contributed by atoms with Gasteiger partial charge in [0.05, 0.1) is 5.56 Å². The number of aryl methyl sites for hydroxylation is 2. The average molecular weight is 261 g/mol. The van der Waals surface area contributed by atoms with Crippen LogP contribution in [0.4, 0.5) is 5.69 Å². The normalized spacial score (nSPS) is 10.3. The van der Waals surface area contributed by atoms with Crippen LogP contribution in [0.2, 0.25) is 0 Å². The SMILES string of the molecule is Cc1cc(N)c(C(=O)NCc2cscc2C)cn1. The monoisotopic (exact) mass is 261 g/mol. The predicted molar refractivity (Wildman–Crippen MR) is 73.6 cm³/mol. The third-order valence-electron chi connectivity index (χ3n) is 2.72. The van der Waals surface area contributed by atoms with Crippen LogP contribution in [0.15, 0.2) is 23.0 Å². The van der Waals surface area contributed by atoms with Gasteiger partial charge in [-0.25, -0.2) is 0 Å². The molecule has 0 radical (unpaired) electrons. The zero-order chi connectivity index (χ0) is 13.1. The second-order valence-corrected chi connectivity index (χ2v) is 4.92. The molecule has 0 aromatic carbocycles. The maximum Gasteiger partial charge on any atom is 0.255 e. The summed E-state index contributed by atoms with van der Waals surface area (Å²) in [6.45, 7) is 4.38. The number of anilines is 1. The molecule has 0 saturated carbocycles. The molecule has 2 aromatic heterocycles. The Labute approximate surface area is 110 Å². The summed E-state index contributed by atoms with van der Waals surface area (Å²) in [5.74, 6) is -0.189. The van der Waals surface area contributed by atoms with Gasteiger partial charge in [0.25, 0.3) is 5.91 Å². The van der Waals surface area contributed by atoms with Crippen LogP contribution in [0.5, 0.6) is 0 Å². The van der Waals surface area contributed by atoms with Gasteiger partial charge >= 0.3 is 0 Å². The van der Waals surface area contributed by atoms with E-state index >= 15 is 0 Å². The summed E-state index contributed by atoms with van der Waals surface area (Å²) in [6, 6.07) is 1.70. The Morgan fingerprint density at radius 1 is 1.44 bits per heavy atom. The Balaban J connectivity index is 2.06. The Morgan fingerprint density at radius 2 is 2.22 bits per heavy atom. The molecule has 0 bridgehead atoms. The predicted octanol–water partition coefficient (Wildman–Crippen LogP) is 2.27. The number of amides is 1. The highest BCUT2D eigenvalue weighted by Gasteiger charge is 2.10. The second kappa shape index (κ2) is 5.18. The number of carbonyl (C=O) groups excluding carboxylic acids is 1. The number of aromatic nitrogens is 1. The van der Waals surface area contributed by atoms with Crippen LogP contribution in [0.25, 0.3) is 0 Å². The van der Waals surface area contributed by atoms with E-state index < -0.39 is 0 Å². The Kier molecular flexibility index (Phi) is 3.62. The minimum Gasteiger partial charge on any atom is -0.398 e. The minimum atomic E-state index is -0.189. The fourth-order valence-electron chi connectivity index (χ4n) is 1.61. The van der Waals surface area contributed by atoms with Crippen molar-refractivity contribution in [3.05, 3.63) is 45.4 Å². The van der Waals surface area contributed by atoms with E-state index in [1.165, 1.54) is 11.8 Å². The van der Waals surface area contributed by atoms with Gasteiger partial charge in [0.2, 0.25) is 0 Å². The number of hydrogen-bond donors (Lipinski definition) is 2.